The van der Waals surface area contributed by atoms with E-state index in [4.69, 9.17) is 11.5 Å². The summed E-state index contributed by atoms with van der Waals surface area (Å²) in [4.78, 5) is 85.2. The van der Waals surface area contributed by atoms with Gasteiger partial charge in [-0.2, -0.15) is 0 Å². The third-order valence-corrected chi connectivity index (χ3v) is 10.1. The highest BCUT2D eigenvalue weighted by Gasteiger charge is 2.32. The van der Waals surface area contributed by atoms with E-state index >= 15 is 0 Å². The van der Waals surface area contributed by atoms with Crippen LogP contribution in [0.4, 0.5) is 10.1 Å². The molecule has 0 saturated heterocycles. The summed E-state index contributed by atoms with van der Waals surface area (Å²) < 4.78 is 13.9. The van der Waals surface area contributed by atoms with E-state index in [1.54, 1.807) is 109 Å². The van der Waals surface area contributed by atoms with Crippen molar-refractivity contribution in [1.82, 2.24) is 21.3 Å². The number of rotatable bonds is 21. The molecule has 0 heterocycles. The summed E-state index contributed by atoms with van der Waals surface area (Å²) in [5.41, 5.74) is 14.8. The summed E-state index contributed by atoms with van der Waals surface area (Å²) in [5, 5.41) is 20.9. The molecule has 5 rings (SSSR count). The molecule has 9 N–H and O–H groups in total. The largest absolute Gasteiger partial charge is 0.480 e. The van der Waals surface area contributed by atoms with Gasteiger partial charge in [0, 0.05) is 36.5 Å². The number of aliphatic imine (C=N–C) groups is 1. The molecule has 336 valence electrons. The summed E-state index contributed by atoms with van der Waals surface area (Å²) >= 11 is 0. The number of hydrogen-bond acceptors (Lipinski definition) is 7. The van der Waals surface area contributed by atoms with Crippen LogP contribution in [0.15, 0.2) is 145 Å². The molecule has 0 aliphatic heterocycles. The van der Waals surface area contributed by atoms with Crippen LogP contribution in [-0.2, 0) is 43.2 Å². The van der Waals surface area contributed by atoms with Gasteiger partial charge in [-0.15, -0.1) is 0 Å². The topological polar surface area (TPSA) is 235 Å². The van der Waals surface area contributed by atoms with E-state index in [0.29, 0.717) is 33.5 Å². The molecule has 4 atom stereocenters. The molecule has 4 amide bonds. The van der Waals surface area contributed by atoms with E-state index in [2.05, 4.69) is 26.3 Å². The number of hydrogen-bond donors (Lipinski definition) is 7. The van der Waals surface area contributed by atoms with E-state index in [1.165, 1.54) is 30.3 Å². The number of ketones is 1. The van der Waals surface area contributed by atoms with Crippen LogP contribution in [0.3, 0.4) is 0 Å². The van der Waals surface area contributed by atoms with Crippen molar-refractivity contribution in [3.8, 4) is 0 Å². The van der Waals surface area contributed by atoms with Gasteiger partial charge in [0.25, 0.3) is 0 Å². The number of guanidine groups is 1. The predicted molar refractivity (Wildman–Crippen MR) is 246 cm³/mol. The number of amides is 4. The van der Waals surface area contributed by atoms with Gasteiger partial charge in [-0.3, -0.25) is 24.0 Å². The minimum Gasteiger partial charge on any atom is -0.480 e. The normalized spacial score (nSPS) is 12.9. The van der Waals surface area contributed by atoms with Crippen LogP contribution in [-0.4, -0.2) is 70.6 Å². The van der Waals surface area contributed by atoms with Crippen LogP contribution in [0.25, 0.3) is 6.08 Å². The molecule has 0 unspecified atom stereocenters. The first-order valence-corrected chi connectivity index (χ1v) is 20.9. The lowest BCUT2D eigenvalue weighted by Crippen LogP contribution is -2.58. The first-order chi connectivity index (χ1) is 31.1. The molecular weight excluding hydrogens is 830 g/mol. The zero-order valence-electron chi connectivity index (χ0n) is 35.9. The Morgan fingerprint density at radius 1 is 0.585 bits per heavy atom. The predicted octanol–water partition coefficient (Wildman–Crippen LogP) is 4.77. The van der Waals surface area contributed by atoms with Gasteiger partial charge in [-0.25, -0.2) is 14.2 Å². The van der Waals surface area contributed by atoms with Crippen LogP contribution >= 0.6 is 0 Å². The summed E-state index contributed by atoms with van der Waals surface area (Å²) in [6, 6.07) is 30.9. The minimum atomic E-state index is -1.41. The molecule has 5 aromatic rings. The zero-order valence-corrected chi connectivity index (χ0v) is 35.9. The molecule has 15 heteroatoms. The molecular formula is C50H52FN7O7. The van der Waals surface area contributed by atoms with Gasteiger partial charge in [-0.1, -0.05) is 123 Å². The second-order valence-electron chi connectivity index (χ2n) is 15.8. The molecule has 0 bridgehead atoms. The SMILES string of the molecule is CC(C)C[C@H](NC(=O)[C@H](Cc1ccc(N=C(N)N)cc1)NC(=O)[C@H](Cc1ccc(F)cc1)NC(=O)/C=C/c1ccccc1)C(=O)N[C@@H](Cc1ccc(C(=O)c2ccccc2)cc1)C(=O)O. The lowest BCUT2D eigenvalue weighted by molar-refractivity contribution is -0.142. The second-order valence-corrected chi connectivity index (χ2v) is 15.8. The number of nitrogens with one attached hydrogen (secondary N) is 4. The van der Waals surface area contributed by atoms with Crippen molar-refractivity contribution >= 4 is 53.1 Å². The molecule has 0 saturated carbocycles. The summed E-state index contributed by atoms with van der Waals surface area (Å²) in [7, 11) is 0. The maximum absolute atomic E-state index is 14.3. The standard InChI is InChI=1S/C50H52FN7O7/c1-31(2)27-40(46(61)58-43(49(64)65)30-33-13-20-37(21-14-33)45(60)36-11-7-4-8-12-36)56-48(63)42(29-35-17-24-39(25-18-35)54-50(52)53)57-47(62)41(28-34-15-22-38(51)23-16-34)55-44(59)26-19-32-9-5-3-6-10-32/h3-26,31,40-43H,27-30H2,1-2H3,(H,55,59)(H,56,63)(H,57,62)(H,58,61)(H,64,65)(H4,52,53,54)/b26-19+/t40-,41-,42-,43-/m0/s1. The van der Waals surface area contributed by atoms with Crippen molar-refractivity contribution in [2.75, 3.05) is 0 Å². The minimum absolute atomic E-state index is 0.0698. The van der Waals surface area contributed by atoms with Crippen molar-refractivity contribution in [2.45, 2.75) is 63.7 Å². The monoisotopic (exact) mass is 881 g/mol. The third-order valence-electron chi connectivity index (χ3n) is 10.1. The molecule has 0 spiro atoms. The molecule has 0 aromatic heterocycles. The van der Waals surface area contributed by atoms with E-state index in [0.717, 1.165) is 5.56 Å². The van der Waals surface area contributed by atoms with Gasteiger partial charge < -0.3 is 37.8 Å². The lowest BCUT2D eigenvalue weighted by atomic mass is 9.98. The zero-order chi connectivity index (χ0) is 46.9. The Balaban J connectivity index is 1.37. The Kier molecular flexibility index (Phi) is 17.4. The first kappa shape index (κ1) is 48.1. The lowest BCUT2D eigenvalue weighted by Gasteiger charge is -2.27. The summed E-state index contributed by atoms with van der Waals surface area (Å²) in [5.74, 6) is -5.22. The van der Waals surface area contributed by atoms with Crippen molar-refractivity contribution < 1.29 is 38.3 Å². The number of benzene rings is 5. The number of nitrogens with zero attached hydrogens (tertiary/aromatic N) is 1. The van der Waals surface area contributed by atoms with Gasteiger partial charge in [0.2, 0.25) is 23.6 Å². The van der Waals surface area contributed by atoms with Gasteiger partial charge in [0.05, 0.1) is 5.69 Å². The molecule has 0 aliphatic carbocycles. The Bertz CT molecular complexity index is 2480. The average molecular weight is 882 g/mol. The highest BCUT2D eigenvalue weighted by atomic mass is 19.1. The quantitative estimate of drug-likeness (QED) is 0.0232. The number of carboxylic acids is 1. The fourth-order valence-electron chi connectivity index (χ4n) is 6.83. The Labute approximate surface area is 376 Å². The molecule has 0 radical (unpaired) electrons. The van der Waals surface area contributed by atoms with Crippen molar-refractivity contribution in [1.29, 1.82) is 0 Å². The highest BCUT2D eigenvalue weighted by Crippen LogP contribution is 2.17. The Morgan fingerprint density at radius 2 is 1.03 bits per heavy atom. The van der Waals surface area contributed by atoms with Gasteiger partial charge >= 0.3 is 5.97 Å². The Morgan fingerprint density at radius 3 is 1.57 bits per heavy atom. The first-order valence-electron chi connectivity index (χ1n) is 20.9. The number of carbonyl (C=O) groups excluding carboxylic acids is 5. The fourth-order valence-corrected chi connectivity index (χ4v) is 6.83. The highest BCUT2D eigenvalue weighted by molar-refractivity contribution is 6.09. The fraction of sp³-hybridized carbons (Fsp3) is 0.220. The molecule has 14 nitrogen and oxygen atoms in total. The number of halogens is 1. The van der Waals surface area contributed by atoms with Crippen molar-refractivity contribution in [3.63, 3.8) is 0 Å². The van der Waals surface area contributed by atoms with Crippen molar-refractivity contribution in [2.24, 2.45) is 22.4 Å². The Hall–Kier alpha value is -7.94. The van der Waals surface area contributed by atoms with Gasteiger partial charge in [-0.05, 0) is 64.9 Å². The van der Waals surface area contributed by atoms with Gasteiger partial charge in [0.15, 0.2) is 11.7 Å². The van der Waals surface area contributed by atoms with Crippen LogP contribution < -0.4 is 32.7 Å². The number of aliphatic carboxylic acids is 1. The third kappa shape index (κ3) is 15.4. The van der Waals surface area contributed by atoms with Crippen LogP contribution in [0.5, 0.6) is 0 Å². The average Bonchev–Trinajstić information content (AvgIpc) is 3.29. The van der Waals surface area contributed by atoms with E-state index in [-0.39, 0.29) is 43.3 Å². The smallest absolute Gasteiger partial charge is 0.326 e. The van der Waals surface area contributed by atoms with E-state index < -0.39 is 59.6 Å². The summed E-state index contributed by atoms with van der Waals surface area (Å²) in [6.45, 7) is 3.65. The van der Waals surface area contributed by atoms with E-state index in [9.17, 15) is 38.3 Å². The van der Waals surface area contributed by atoms with Crippen LogP contribution in [0, 0.1) is 11.7 Å². The molecule has 0 fully saturated rings. The van der Waals surface area contributed by atoms with Crippen LogP contribution in [0.2, 0.25) is 0 Å². The number of nitrogens with two attached hydrogens (primary N) is 2. The maximum atomic E-state index is 14.3. The number of carbonyl (C=O) groups is 6. The second kappa shape index (κ2) is 23.5. The van der Waals surface area contributed by atoms with Gasteiger partial charge in [0.1, 0.15) is 30.0 Å². The molecule has 5 aromatic carbocycles. The molecule has 65 heavy (non-hydrogen) atoms. The van der Waals surface area contributed by atoms with E-state index in [1.807, 2.05) is 19.9 Å². The van der Waals surface area contributed by atoms with Crippen molar-refractivity contribution in [3.05, 3.63) is 179 Å². The van der Waals surface area contributed by atoms with Crippen LogP contribution in [0.1, 0.15) is 58.4 Å². The number of carboxylic acid groups (broad SMARTS) is 1. The molecule has 0 aliphatic rings. The summed E-state index contributed by atoms with van der Waals surface area (Å²) in [6.07, 6.45) is 2.65. The maximum Gasteiger partial charge on any atom is 0.326 e.